The van der Waals surface area contributed by atoms with Gasteiger partial charge in [0.05, 0.1) is 6.04 Å². The van der Waals surface area contributed by atoms with Gasteiger partial charge >= 0.3 is 0 Å². The van der Waals surface area contributed by atoms with Crippen molar-refractivity contribution in [2.75, 3.05) is 0 Å². The van der Waals surface area contributed by atoms with E-state index in [1.54, 1.807) is 24.3 Å². The largest absolute Gasteiger partial charge is 0.350 e. The lowest BCUT2D eigenvalue weighted by Gasteiger charge is -2.14. The first-order valence-electron chi connectivity index (χ1n) is 8.14. The molecule has 26 heavy (non-hydrogen) atoms. The van der Waals surface area contributed by atoms with Crippen molar-refractivity contribution in [3.63, 3.8) is 0 Å². The minimum Gasteiger partial charge on any atom is -0.350 e. The van der Waals surface area contributed by atoms with Gasteiger partial charge in [-0.15, -0.1) is 0 Å². The second-order valence-electron chi connectivity index (χ2n) is 5.86. The van der Waals surface area contributed by atoms with Crippen molar-refractivity contribution in [1.29, 1.82) is 0 Å². The molecule has 0 aliphatic rings. The molecular weight excluding hydrogens is 357 g/mol. The van der Waals surface area contributed by atoms with Gasteiger partial charge in [0.1, 0.15) is 5.82 Å². The maximum atomic E-state index is 13.3. The van der Waals surface area contributed by atoms with Crippen LogP contribution in [0.1, 0.15) is 30.8 Å². The molecule has 0 radical (unpaired) electrons. The smallest absolute Gasteiger partial charge is 0.227 e. The Morgan fingerprint density at radius 3 is 2.77 bits per heavy atom. The van der Waals surface area contributed by atoms with E-state index in [0.717, 1.165) is 5.56 Å². The van der Waals surface area contributed by atoms with E-state index in [0.29, 0.717) is 28.7 Å². The lowest BCUT2D eigenvalue weighted by Crippen LogP contribution is -2.26. The molecule has 3 aromatic rings. The summed E-state index contributed by atoms with van der Waals surface area (Å²) >= 11 is 5.86. The number of benzene rings is 2. The maximum absolute atomic E-state index is 13.3. The molecule has 0 unspecified atom stereocenters. The Kier molecular flexibility index (Phi) is 5.63. The van der Waals surface area contributed by atoms with Crippen LogP contribution in [-0.2, 0) is 11.2 Å². The molecule has 1 atom stereocenters. The van der Waals surface area contributed by atoms with Crippen LogP contribution >= 0.6 is 11.6 Å². The lowest BCUT2D eigenvalue weighted by molar-refractivity contribution is -0.121. The molecule has 1 amide bonds. The Hall–Kier alpha value is -2.73. The van der Waals surface area contributed by atoms with Crippen LogP contribution in [0.2, 0.25) is 5.02 Å². The molecule has 0 aliphatic carbocycles. The number of halogens is 2. The summed E-state index contributed by atoms with van der Waals surface area (Å²) in [6.45, 7) is 1.90. The van der Waals surface area contributed by atoms with Gasteiger partial charge in [-0.1, -0.05) is 41.0 Å². The highest BCUT2D eigenvalue weighted by Crippen LogP contribution is 2.18. The third-order valence-corrected chi connectivity index (χ3v) is 4.12. The highest BCUT2D eigenvalue weighted by Gasteiger charge is 2.13. The zero-order valence-corrected chi connectivity index (χ0v) is 14.8. The van der Waals surface area contributed by atoms with E-state index in [1.807, 2.05) is 19.1 Å². The summed E-state index contributed by atoms with van der Waals surface area (Å²) in [5, 5.41) is 7.39. The topological polar surface area (TPSA) is 68.0 Å². The standard InChI is InChI=1S/C19H17ClFN3O2/c1-12(13-5-7-15(20)8-6-13)22-17(25)9-10-18-23-19(24-26-18)14-3-2-4-16(21)11-14/h2-8,11-12H,9-10H2,1H3,(H,22,25)/t12-/m0/s1. The highest BCUT2D eigenvalue weighted by molar-refractivity contribution is 6.30. The fourth-order valence-corrected chi connectivity index (χ4v) is 2.60. The number of carbonyl (C=O) groups is 1. The molecule has 0 bridgehead atoms. The predicted octanol–water partition coefficient (Wildman–Crippen LogP) is 4.34. The van der Waals surface area contributed by atoms with Gasteiger partial charge in [-0.3, -0.25) is 4.79 Å². The number of nitrogens with zero attached hydrogens (tertiary/aromatic N) is 2. The molecule has 0 aliphatic heterocycles. The Balaban J connectivity index is 1.54. The minimum absolute atomic E-state index is 0.127. The van der Waals surface area contributed by atoms with Crippen LogP contribution in [0.15, 0.2) is 53.1 Å². The Morgan fingerprint density at radius 2 is 2.04 bits per heavy atom. The molecule has 1 aromatic heterocycles. The molecule has 0 saturated heterocycles. The molecular formula is C19H17ClFN3O2. The summed E-state index contributed by atoms with van der Waals surface area (Å²) in [6.07, 6.45) is 0.518. The van der Waals surface area contributed by atoms with Gasteiger partial charge in [-0.2, -0.15) is 4.98 Å². The van der Waals surface area contributed by atoms with Crippen molar-refractivity contribution < 1.29 is 13.7 Å². The second-order valence-corrected chi connectivity index (χ2v) is 6.30. The zero-order chi connectivity index (χ0) is 18.5. The van der Waals surface area contributed by atoms with Gasteiger partial charge < -0.3 is 9.84 Å². The fraction of sp³-hybridized carbons (Fsp3) is 0.211. The normalized spacial score (nSPS) is 12.0. The summed E-state index contributed by atoms with van der Waals surface area (Å²) in [4.78, 5) is 16.3. The second kappa shape index (κ2) is 8.10. The van der Waals surface area contributed by atoms with E-state index < -0.39 is 0 Å². The summed E-state index contributed by atoms with van der Waals surface area (Å²) < 4.78 is 18.4. The summed E-state index contributed by atoms with van der Waals surface area (Å²) in [5.74, 6) is 0.135. The van der Waals surface area contributed by atoms with Gasteiger partial charge in [-0.05, 0) is 36.8 Å². The number of carbonyl (C=O) groups excluding carboxylic acids is 1. The minimum atomic E-state index is -0.371. The van der Waals surface area contributed by atoms with Gasteiger partial charge in [0.25, 0.3) is 0 Å². The molecule has 0 saturated carbocycles. The predicted molar refractivity (Wildman–Crippen MR) is 96.0 cm³/mol. The first kappa shape index (κ1) is 18.1. The van der Waals surface area contributed by atoms with Crippen molar-refractivity contribution >= 4 is 17.5 Å². The van der Waals surface area contributed by atoms with Crippen LogP contribution in [0.4, 0.5) is 4.39 Å². The number of amides is 1. The number of aromatic nitrogens is 2. The Bertz CT molecular complexity index is 896. The Labute approximate surface area is 155 Å². The average molecular weight is 374 g/mol. The number of aryl methyl sites for hydroxylation is 1. The van der Waals surface area contributed by atoms with Crippen molar-refractivity contribution in [3.05, 3.63) is 70.8 Å². The molecule has 0 fully saturated rings. The SMILES string of the molecule is C[C@H](NC(=O)CCc1nc(-c2cccc(F)c2)no1)c1ccc(Cl)cc1. The molecule has 2 aromatic carbocycles. The lowest BCUT2D eigenvalue weighted by atomic mass is 10.1. The third-order valence-electron chi connectivity index (χ3n) is 3.86. The van der Waals surface area contributed by atoms with Crippen LogP contribution in [-0.4, -0.2) is 16.0 Å². The van der Waals surface area contributed by atoms with Crippen molar-refractivity contribution in [2.24, 2.45) is 0 Å². The van der Waals surface area contributed by atoms with Crippen LogP contribution in [0.3, 0.4) is 0 Å². The maximum Gasteiger partial charge on any atom is 0.227 e. The number of hydrogen-bond donors (Lipinski definition) is 1. The molecule has 0 spiro atoms. The van der Waals surface area contributed by atoms with Crippen LogP contribution in [0.5, 0.6) is 0 Å². The summed E-state index contributed by atoms with van der Waals surface area (Å²) in [7, 11) is 0. The molecule has 1 heterocycles. The first-order valence-corrected chi connectivity index (χ1v) is 8.52. The Morgan fingerprint density at radius 1 is 1.27 bits per heavy atom. The molecule has 134 valence electrons. The number of rotatable bonds is 6. The summed E-state index contributed by atoms with van der Waals surface area (Å²) in [5.41, 5.74) is 1.50. The zero-order valence-electron chi connectivity index (χ0n) is 14.1. The average Bonchev–Trinajstić information content (AvgIpc) is 3.09. The van der Waals surface area contributed by atoms with Crippen LogP contribution in [0.25, 0.3) is 11.4 Å². The van der Waals surface area contributed by atoms with E-state index in [-0.39, 0.29) is 24.2 Å². The van der Waals surface area contributed by atoms with Crippen molar-refractivity contribution in [1.82, 2.24) is 15.5 Å². The van der Waals surface area contributed by atoms with Crippen LogP contribution in [0, 0.1) is 5.82 Å². The van der Waals surface area contributed by atoms with E-state index in [2.05, 4.69) is 15.5 Å². The molecule has 1 N–H and O–H groups in total. The van der Waals surface area contributed by atoms with E-state index in [9.17, 15) is 9.18 Å². The quantitative estimate of drug-likeness (QED) is 0.698. The fourth-order valence-electron chi connectivity index (χ4n) is 2.47. The summed E-state index contributed by atoms with van der Waals surface area (Å²) in [6, 6.07) is 13.1. The molecule has 3 rings (SSSR count). The highest BCUT2D eigenvalue weighted by atomic mass is 35.5. The number of nitrogens with one attached hydrogen (secondary N) is 1. The molecule has 5 nitrogen and oxygen atoms in total. The van der Waals surface area contributed by atoms with E-state index >= 15 is 0 Å². The molecule has 7 heteroatoms. The van der Waals surface area contributed by atoms with E-state index in [4.69, 9.17) is 16.1 Å². The monoisotopic (exact) mass is 373 g/mol. The van der Waals surface area contributed by atoms with Crippen LogP contribution < -0.4 is 5.32 Å². The van der Waals surface area contributed by atoms with Gasteiger partial charge in [0.2, 0.25) is 17.6 Å². The third kappa shape index (κ3) is 4.67. The van der Waals surface area contributed by atoms with Crippen molar-refractivity contribution in [2.45, 2.75) is 25.8 Å². The first-order chi connectivity index (χ1) is 12.5. The number of hydrogen-bond acceptors (Lipinski definition) is 4. The van der Waals surface area contributed by atoms with Gasteiger partial charge in [-0.25, -0.2) is 4.39 Å². The van der Waals surface area contributed by atoms with Gasteiger partial charge in [0, 0.05) is 23.4 Å². The van der Waals surface area contributed by atoms with Crippen molar-refractivity contribution in [3.8, 4) is 11.4 Å². The van der Waals surface area contributed by atoms with E-state index in [1.165, 1.54) is 12.1 Å². The van der Waals surface area contributed by atoms with Gasteiger partial charge in [0.15, 0.2) is 0 Å².